The number of carbonyl (C=O) groups excluding carboxylic acids is 1. The molecule has 2 heterocycles. The summed E-state index contributed by atoms with van der Waals surface area (Å²) < 4.78 is 15.2. The Morgan fingerprint density at radius 1 is 1.32 bits per heavy atom. The Morgan fingerprint density at radius 3 is 2.91 bits per heavy atom. The van der Waals surface area contributed by atoms with Gasteiger partial charge in [-0.3, -0.25) is 9.48 Å². The SMILES string of the molecule is Cn1cc([C@H]2CCCCCN2C(=O)c2cccc(F)c2)cn1. The molecule has 1 atom stereocenters. The van der Waals surface area contributed by atoms with E-state index < -0.39 is 0 Å². The van der Waals surface area contributed by atoms with Crippen LogP contribution in [0.25, 0.3) is 0 Å². The molecule has 1 aliphatic heterocycles. The summed E-state index contributed by atoms with van der Waals surface area (Å²) in [6.45, 7) is 0.703. The number of halogens is 1. The molecule has 1 amide bonds. The lowest BCUT2D eigenvalue weighted by atomic mass is 10.0. The second-order valence-electron chi connectivity index (χ2n) is 5.82. The third-order valence-electron chi connectivity index (χ3n) is 4.19. The highest BCUT2D eigenvalue weighted by atomic mass is 19.1. The molecule has 4 nitrogen and oxygen atoms in total. The van der Waals surface area contributed by atoms with Crippen LogP contribution in [0.4, 0.5) is 4.39 Å². The molecule has 0 aliphatic carbocycles. The maximum absolute atomic E-state index is 13.4. The summed E-state index contributed by atoms with van der Waals surface area (Å²) in [7, 11) is 1.87. The van der Waals surface area contributed by atoms with Gasteiger partial charge in [0.15, 0.2) is 0 Å². The number of hydrogen-bond donors (Lipinski definition) is 0. The lowest BCUT2D eigenvalue weighted by Gasteiger charge is -2.29. The van der Waals surface area contributed by atoms with Gasteiger partial charge in [-0.2, -0.15) is 5.10 Å². The van der Waals surface area contributed by atoms with Gasteiger partial charge in [0.05, 0.1) is 12.2 Å². The molecule has 116 valence electrons. The first-order chi connectivity index (χ1) is 10.6. The molecule has 0 bridgehead atoms. The number of rotatable bonds is 2. The van der Waals surface area contributed by atoms with Crippen molar-refractivity contribution in [3.05, 3.63) is 53.6 Å². The van der Waals surface area contributed by atoms with Gasteiger partial charge in [-0.15, -0.1) is 0 Å². The van der Waals surface area contributed by atoms with Crippen LogP contribution in [-0.4, -0.2) is 27.1 Å². The van der Waals surface area contributed by atoms with Crippen LogP contribution in [0.15, 0.2) is 36.7 Å². The van der Waals surface area contributed by atoms with Crippen molar-refractivity contribution in [1.82, 2.24) is 14.7 Å². The Kier molecular flexibility index (Phi) is 4.22. The van der Waals surface area contributed by atoms with E-state index in [1.165, 1.54) is 12.1 Å². The van der Waals surface area contributed by atoms with Gasteiger partial charge in [0.25, 0.3) is 5.91 Å². The van der Waals surface area contributed by atoms with E-state index in [4.69, 9.17) is 0 Å². The second-order valence-corrected chi connectivity index (χ2v) is 5.82. The van der Waals surface area contributed by atoms with Crippen molar-refractivity contribution < 1.29 is 9.18 Å². The number of hydrogen-bond acceptors (Lipinski definition) is 2. The first-order valence-electron chi connectivity index (χ1n) is 7.70. The van der Waals surface area contributed by atoms with Crippen molar-refractivity contribution in [3.63, 3.8) is 0 Å². The van der Waals surface area contributed by atoms with Gasteiger partial charge in [0.2, 0.25) is 0 Å². The average molecular weight is 301 g/mol. The molecular weight excluding hydrogens is 281 g/mol. The fourth-order valence-corrected chi connectivity index (χ4v) is 3.10. The van der Waals surface area contributed by atoms with Crippen molar-refractivity contribution in [3.8, 4) is 0 Å². The maximum atomic E-state index is 13.4. The van der Waals surface area contributed by atoms with Gasteiger partial charge in [0, 0.05) is 30.9 Å². The summed E-state index contributed by atoms with van der Waals surface area (Å²) in [6.07, 6.45) is 7.89. The molecule has 1 aromatic heterocycles. The van der Waals surface area contributed by atoms with Crippen LogP contribution >= 0.6 is 0 Å². The number of benzene rings is 1. The number of aryl methyl sites for hydroxylation is 1. The van der Waals surface area contributed by atoms with E-state index in [0.717, 1.165) is 31.2 Å². The largest absolute Gasteiger partial charge is 0.331 e. The van der Waals surface area contributed by atoms with Crippen LogP contribution in [-0.2, 0) is 7.05 Å². The average Bonchev–Trinajstić information content (AvgIpc) is 2.80. The third kappa shape index (κ3) is 3.03. The van der Waals surface area contributed by atoms with E-state index in [1.54, 1.807) is 16.8 Å². The number of nitrogens with zero attached hydrogens (tertiary/aromatic N) is 3. The van der Waals surface area contributed by atoms with Gasteiger partial charge in [0.1, 0.15) is 5.82 Å². The normalized spacial score (nSPS) is 19.0. The Balaban J connectivity index is 1.91. The van der Waals surface area contributed by atoms with Crippen molar-refractivity contribution in [2.24, 2.45) is 7.05 Å². The topological polar surface area (TPSA) is 38.1 Å². The van der Waals surface area contributed by atoms with E-state index in [2.05, 4.69) is 5.10 Å². The molecule has 1 saturated heterocycles. The van der Waals surface area contributed by atoms with Crippen LogP contribution in [0, 0.1) is 5.82 Å². The van der Waals surface area contributed by atoms with E-state index >= 15 is 0 Å². The summed E-state index contributed by atoms with van der Waals surface area (Å²) in [5.74, 6) is -0.478. The van der Waals surface area contributed by atoms with Crippen LogP contribution in [0.5, 0.6) is 0 Å². The molecule has 1 aromatic carbocycles. The second kappa shape index (κ2) is 6.30. The lowest BCUT2D eigenvalue weighted by molar-refractivity contribution is 0.0680. The van der Waals surface area contributed by atoms with Gasteiger partial charge >= 0.3 is 0 Å². The smallest absolute Gasteiger partial charge is 0.254 e. The number of carbonyl (C=O) groups is 1. The van der Waals surface area contributed by atoms with Gasteiger partial charge in [-0.25, -0.2) is 4.39 Å². The molecule has 0 unspecified atom stereocenters. The summed E-state index contributed by atoms with van der Waals surface area (Å²) in [6, 6.07) is 5.95. The standard InChI is InChI=1S/C17H20FN3O/c1-20-12-14(11-19-20)16-8-3-2-4-9-21(16)17(22)13-6-5-7-15(18)10-13/h5-7,10-12,16H,2-4,8-9H2,1H3/t16-/m1/s1. The van der Waals surface area contributed by atoms with E-state index in [-0.39, 0.29) is 17.8 Å². The summed E-state index contributed by atoms with van der Waals surface area (Å²) in [5.41, 5.74) is 1.46. The van der Waals surface area contributed by atoms with Gasteiger partial charge in [-0.05, 0) is 31.0 Å². The zero-order valence-corrected chi connectivity index (χ0v) is 12.7. The van der Waals surface area contributed by atoms with E-state index in [9.17, 15) is 9.18 Å². The Morgan fingerprint density at radius 2 is 2.18 bits per heavy atom. The first-order valence-corrected chi connectivity index (χ1v) is 7.70. The molecule has 3 rings (SSSR count). The summed E-state index contributed by atoms with van der Waals surface area (Å²) >= 11 is 0. The molecule has 0 radical (unpaired) electrons. The highest BCUT2D eigenvalue weighted by Gasteiger charge is 2.28. The fraction of sp³-hybridized carbons (Fsp3) is 0.412. The fourth-order valence-electron chi connectivity index (χ4n) is 3.10. The predicted octanol–water partition coefficient (Wildman–Crippen LogP) is 3.32. The Hall–Kier alpha value is -2.17. The summed E-state index contributed by atoms with van der Waals surface area (Å²) in [4.78, 5) is 14.7. The summed E-state index contributed by atoms with van der Waals surface area (Å²) in [5, 5.41) is 4.22. The molecule has 0 N–H and O–H groups in total. The number of aromatic nitrogens is 2. The monoisotopic (exact) mass is 301 g/mol. The minimum atomic E-state index is -0.376. The molecule has 5 heteroatoms. The number of amides is 1. The van der Waals surface area contributed by atoms with Crippen LogP contribution in [0.1, 0.15) is 47.6 Å². The minimum Gasteiger partial charge on any atom is -0.331 e. The maximum Gasteiger partial charge on any atom is 0.254 e. The van der Waals surface area contributed by atoms with E-state index in [1.807, 2.05) is 24.3 Å². The molecule has 1 fully saturated rings. The highest BCUT2D eigenvalue weighted by molar-refractivity contribution is 5.94. The quantitative estimate of drug-likeness (QED) is 0.853. The highest BCUT2D eigenvalue weighted by Crippen LogP contribution is 2.31. The van der Waals surface area contributed by atoms with Crippen molar-refractivity contribution >= 4 is 5.91 Å². The zero-order chi connectivity index (χ0) is 15.5. The number of likely N-dealkylation sites (tertiary alicyclic amines) is 1. The van der Waals surface area contributed by atoms with Gasteiger partial charge < -0.3 is 4.90 Å². The van der Waals surface area contributed by atoms with Crippen LogP contribution in [0.2, 0.25) is 0 Å². The van der Waals surface area contributed by atoms with Crippen molar-refractivity contribution in [2.75, 3.05) is 6.54 Å². The van der Waals surface area contributed by atoms with Crippen LogP contribution < -0.4 is 0 Å². The molecule has 0 spiro atoms. The lowest BCUT2D eigenvalue weighted by Crippen LogP contribution is -2.34. The zero-order valence-electron chi connectivity index (χ0n) is 12.7. The molecule has 1 aliphatic rings. The van der Waals surface area contributed by atoms with Crippen molar-refractivity contribution in [1.29, 1.82) is 0 Å². The molecule has 2 aromatic rings. The Labute approximate surface area is 129 Å². The molecule has 22 heavy (non-hydrogen) atoms. The minimum absolute atomic E-state index is 0.0203. The van der Waals surface area contributed by atoms with Crippen LogP contribution in [0.3, 0.4) is 0 Å². The third-order valence-corrected chi connectivity index (χ3v) is 4.19. The van der Waals surface area contributed by atoms with Crippen molar-refractivity contribution in [2.45, 2.75) is 31.7 Å². The first kappa shape index (κ1) is 14.8. The Bertz CT molecular complexity index is 667. The van der Waals surface area contributed by atoms with E-state index in [0.29, 0.717) is 12.1 Å². The molecule has 0 saturated carbocycles. The van der Waals surface area contributed by atoms with Gasteiger partial charge in [-0.1, -0.05) is 18.9 Å². The molecular formula is C17H20FN3O. The predicted molar refractivity (Wildman–Crippen MR) is 81.9 cm³/mol.